The summed E-state index contributed by atoms with van der Waals surface area (Å²) in [4.78, 5) is 23.9. The normalized spacial score (nSPS) is 20.9. The lowest BCUT2D eigenvalue weighted by molar-refractivity contribution is 0.0611. The van der Waals surface area contributed by atoms with E-state index in [0.717, 1.165) is 29.7 Å². The molecular weight excluding hydrogens is 333 g/mol. The van der Waals surface area contributed by atoms with E-state index < -0.39 is 0 Å². The Bertz CT molecular complexity index is 969. The van der Waals surface area contributed by atoms with Crippen LogP contribution in [-0.4, -0.2) is 26.8 Å². The number of halogens is 1. The number of carbonyl (C=O) groups is 1. The van der Waals surface area contributed by atoms with E-state index >= 15 is 0 Å². The number of benzene rings is 1. The maximum Gasteiger partial charge on any atom is 0.290 e. The lowest BCUT2D eigenvalue weighted by Gasteiger charge is -2.35. The van der Waals surface area contributed by atoms with Crippen molar-refractivity contribution in [1.82, 2.24) is 14.9 Å². The van der Waals surface area contributed by atoms with Crippen molar-refractivity contribution < 1.29 is 13.6 Å². The van der Waals surface area contributed by atoms with Crippen molar-refractivity contribution in [2.45, 2.75) is 31.3 Å². The van der Waals surface area contributed by atoms with Gasteiger partial charge in [0.05, 0.1) is 18.0 Å². The summed E-state index contributed by atoms with van der Waals surface area (Å²) < 4.78 is 18.4. The lowest BCUT2D eigenvalue weighted by Crippen LogP contribution is -2.42. The summed E-state index contributed by atoms with van der Waals surface area (Å²) in [6.07, 6.45) is 5.89. The smallest absolute Gasteiger partial charge is 0.290 e. The predicted octanol–water partition coefficient (Wildman–Crippen LogP) is 3.78. The fraction of sp³-hybridized carbons (Fsp3) is 0.250. The molecule has 2 aliphatic rings. The third kappa shape index (κ3) is 2.33. The van der Waals surface area contributed by atoms with E-state index in [9.17, 15) is 9.18 Å². The molecule has 2 aliphatic heterocycles. The average molecular weight is 349 g/mol. The van der Waals surface area contributed by atoms with Gasteiger partial charge in [-0.25, -0.2) is 14.4 Å². The number of hydrogen-bond acceptors (Lipinski definition) is 4. The Morgan fingerprint density at radius 3 is 2.81 bits per heavy atom. The fourth-order valence-corrected chi connectivity index (χ4v) is 4.05. The van der Waals surface area contributed by atoms with Gasteiger partial charge in [-0.15, -0.1) is 0 Å². The minimum atomic E-state index is -0.281. The molecule has 2 bridgehead atoms. The standard InChI is InChI=1S/C20H16FN3O2/c21-13-5-3-12(4-6-13)19-22-11-15-16(23-19)10-14-7-8-17(15)24(14)20(25)18-2-1-9-26-18/h1-6,9,11,14,17H,7-8,10H2. The second-order valence-electron chi connectivity index (χ2n) is 6.74. The second-order valence-corrected chi connectivity index (χ2v) is 6.74. The third-order valence-corrected chi connectivity index (χ3v) is 5.26. The minimum absolute atomic E-state index is 0.0105. The van der Waals surface area contributed by atoms with E-state index in [1.807, 2.05) is 11.1 Å². The highest BCUT2D eigenvalue weighted by molar-refractivity contribution is 5.92. The highest BCUT2D eigenvalue weighted by atomic mass is 19.1. The maximum atomic E-state index is 13.1. The molecule has 0 saturated carbocycles. The van der Waals surface area contributed by atoms with Gasteiger partial charge in [0.2, 0.25) is 0 Å². The summed E-state index contributed by atoms with van der Waals surface area (Å²) in [5, 5.41) is 0. The van der Waals surface area contributed by atoms with E-state index in [4.69, 9.17) is 9.40 Å². The van der Waals surface area contributed by atoms with E-state index in [1.54, 1.807) is 24.3 Å². The molecule has 5 nitrogen and oxygen atoms in total. The van der Waals surface area contributed by atoms with Gasteiger partial charge >= 0.3 is 0 Å². The number of hydrogen-bond donors (Lipinski definition) is 0. The molecule has 26 heavy (non-hydrogen) atoms. The number of carbonyl (C=O) groups excluding carboxylic acids is 1. The van der Waals surface area contributed by atoms with Crippen LogP contribution in [0.2, 0.25) is 0 Å². The molecule has 0 radical (unpaired) electrons. The lowest BCUT2D eigenvalue weighted by atomic mass is 9.98. The zero-order chi connectivity index (χ0) is 17.7. The van der Waals surface area contributed by atoms with Crippen LogP contribution in [-0.2, 0) is 6.42 Å². The summed E-state index contributed by atoms with van der Waals surface area (Å²) in [7, 11) is 0. The van der Waals surface area contributed by atoms with E-state index in [2.05, 4.69) is 4.98 Å². The molecule has 1 saturated heterocycles. The summed E-state index contributed by atoms with van der Waals surface area (Å²) >= 11 is 0. The SMILES string of the molecule is O=C(c1ccco1)N1C2CCC1c1cnc(-c3ccc(F)cc3)nc1C2. The van der Waals surface area contributed by atoms with Crippen molar-refractivity contribution in [3.63, 3.8) is 0 Å². The Balaban J connectivity index is 1.50. The predicted molar refractivity (Wildman–Crippen MR) is 91.8 cm³/mol. The second kappa shape index (κ2) is 5.76. The van der Waals surface area contributed by atoms with Crippen LogP contribution in [0.3, 0.4) is 0 Å². The Morgan fingerprint density at radius 1 is 1.19 bits per heavy atom. The molecule has 1 aromatic carbocycles. The molecule has 6 heteroatoms. The molecule has 2 atom stereocenters. The van der Waals surface area contributed by atoms with Crippen molar-refractivity contribution in [1.29, 1.82) is 0 Å². The Labute approximate surface area is 149 Å². The molecule has 2 unspecified atom stereocenters. The quantitative estimate of drug-likeness (QED) is 0.706. The highest BCUT2D eigenvalue weighted by Gasteiger charge is 2.44. The number of fused-ring (bicyclic) bond motifs is 4. The van der Waals surface area contributed by atoms with Crippen LogP contribution in [0.25, 0.3) is 11.4 Å². The molecule has 130 valence electrons. The number of rotatable bonds is 2. The van der Waals surface area contributed by atoms with Gasteiger partial charge in [0.15, 0.2) is 11.6 Å². The van der Waals surface area contributed by atoms with Crippen LogP contribution in [0, 0.1) is 5.82 Å². The molecule has 5 rings (SSSR count). The average Bonchev–Trinajstić information content (AvgIpc) is 3.29. The Hall–Kier alpha value is -3.02. The van der Waals surface area contributed by atoms with Gasteiger partial charge in [-0.2, -0.15) is 0 Å². The van der Waals surface area contributed by atoms with Gasteiger partial charge < -0.3 is 9.32 Å². The fourth-order valence-electron chi connectivity index (χ4n) is 4.05. The third-order valence-electron chi connectivity index (χ3n) is 5.26. The number of furan rings is 1. The zero-order valence-corrected chi connectivity index (χ0v) is 13.9. The van der Waals surface area contributed by atoms with Crippen molar-refractivity contribution in [3.8, 4) is 11.4 Å². The van der Waals surface area contributed by atoms with E-state index in [0.29, 0.717) is 18.0 Å². The first-order valence-corrected chi connectivity index (χ1v) is 8.68. The number of nitrogens with zero attached hydrogens (tertiary/aromatic N) is 3. The van der Waals surface area contributed by atoms with Crippen LogP contribution >= 0.6 is 0 Å². The van der Waals surface area contributed by atoms with Gasteiger partial charge in [0.25, 0.3) is 5.91 Å². The molecule has 0 aliphatic carbocycles. The molecule has 2 aromatic heterocycles. The van der Waals surface area contributed by atoms with Gasteiger partial charge in [-0.3, -0.25) is 4.79 Å². The highest BCUT2D eigenvalue weighted by Crippen LogP contribution is 2.44. The van der Waals surface area contributed by atoms with Gasteiger partial charge in [-0.1, -0.05) is 0 Å². The molecule has 0 N–H and O–H groups in total. The van der Waals surface area contributed by atoms with Crippen LogP contribution in [0.4, 0.5) is 4.39 Å². The number of amides is 1. The first-order valence-electron chi connectivity index (χ1n) is 8.68. The van der Waals surface area contributed by atoms with Crippen molar-refractivity contribution in [3.05, 3.63) is 71.7 Å². The molecule has 4 heterocycles. The number of aromatic nitrogens is 2. The van der Waals surface area contributed by atoms with Gasteiger partial charge in [0, 0.05) is 29.8 Å². The van der Waals surface area contributed by atoms with E-state index in [1.165, 1.54) is 18.4 Å². The first-order chi connectivity index (χ1) is 12.7. The summed E-state index contributed by atoms with van der Waals surface area (Å²) in [6, 6.07) is 9.72. The molecule has 3 aromatic rings. The monoisotopic (exact) mass is 349 g/mol. The molecule has 1 fully saturated rings. The van der Waals surface area contributed by atoms with Gasteiger partial charge in [0.1, 0.15) is 5.82 Å². The zero-order valence-electron chi connectivity index (χ0n) is 13.9. The van der Waals surface area contributed by atoms with Crippen LogP contribution in [0.15, 0.2) is 53.3 Å². The van der Waals surface area contributed by atoms with Crippen molar-refractivity contribution in [2.75, 3.05) is 0 Å². The topological polar surface area (TPSA) is 59.2 Å². The minimum Gasteiger partial charge on any atom is -0.459 e. The molecular formula is C20H16FN3O2. The molecule has 0 spiro atoms. The van der Waals surface area contributed by atoms with Crippen molar-refractivity contribution >= 4 is 5.91 Å². The summed E-state index contributed by atoms with van der Waals surface area (Å²) in [6.45, 7) is 0. The van der Waals surface area contributed by atoms with Crippen LogP contribution in [0.1, 0.15) is 40.7 Å². The Kier molecular flexibility index (Phi) is 3.38. The van der Waals surface area contributed by atoms with Crippen molar-refractivity contribution in [2.24, 2.45) is 0 Å². The maximum absolute atomic E-state index is 13.1. The van der Waals surface area contributed by atoms with Gasteiger partial charge in [-0.05, 0) is 49.2 Å². The summed E-state index contributed by atoms with van der Waals surface area (Å²) in [5.74, 6) is 0.607. The van der Waals surface area contributed by atoms with E-state index in [-0.39, 0.29) is 23.8 Å². The summed E-state index contributed by atoms with van der Waals surface area (Å²) in [5.41, 5.74) is 2.77. The molecule has 1 amide bonds. The Morgan fingerprint density at radius 2 is 2.04 bits per heavy atom. The largest absolute Gasteiger partial charge is 0.459 e. The van der Waals surface area contributed by atoms with Crippen LogP contribution in [0.5, 0.6) is 0 Å². The van der Waals surface area contributed by atoms with Crippen LogP contribution < -0.4 is 0 Å². The first kappa shape index (κ1) is 15.3.